The molecule has 0 bridgehead atoms. The van der Waals surface area contributed by atoms with Gasteiger partial charge in [0.2, 0.25) is 10.3 Å². The molecule has 1 aliphatic rings. The van der Waals surface area contributed by atoms with Crippen molar-refractivity contribution in [3.05, 3.63) is 46.5 Å². The van der Waals surface area contributed by atoms with Crippen molar-refractivity contribution in [2.24, 2.45) is 41.7 Å². The highest BCUT2D eigenvalue weighted by molar-refractivity contribution is 7.98. The van der Waals surface area contributed by atoms with Crippen molar-refractivity contribution in [1.82, 2.24) is 15.3 Å². The van der Waals surface area contributed by atoms with E-state index in [-0.39, 0.29) is 11.9 Å². The summed E-state index contributed by atoms with van der Waals surface area (Å²) in [4.78, 5) is 54.7. The predicted molar refractivity (Wildman–Crippen MR) is 192 cm³/mol. The van der Waals surface area contributed by atoms with Gasteiger partial charge in [-0.25, -0.2) is 29.1 Å². The molecule has 2 aromatic heterocycles. The number of nitrogens with two attached hydrogens (primary N) is 4. The zero-order chi connectivity index (χ0) is 37.7. The second-order valence-electron chi connectivity index (χ2n) is 8.59. The standard InChI is InChI=1S/C16H23N11O2S5.2C4H4O4/c17-13(18)24-15-21-9(7-32-15)5-30-3-1-11-23-12(27-34(28,29)26-11)2-4-31-6-10-8-33-16(22-10)25-14(19)20;2*5-3(6)1-2-4(7)8/h7-8H,1-6H2,(H,23,26,27)(H4,17,18,21,24)(H4,19,20,22,25);2*1-2H,(H,5,6)(H,7,8)/b;2*2-1-. The van der Waals surface area contributed by atoms with E-state index in [1.54, 1.807) is 23.5 Å². The highest BCUT2D eigenvalue weighted by Gasteiger charge is 2.19. The van der Waals surface area contributed by atoms with Crippen molar-refractivity contribution in [2.75, 3.05) is 11.5 Å². The fourth-order valence-corrected chi connectivity index (χ4v) is 6.92. The number of aliphatic carboxylic acids is 4. The normalized spacial score (nSPS) is 13.0. The number of carboxylic acids is 4. The first-order valence-corrected chi connectivity index (χ1v) is 18.6. The van der Waals surface area contributed by atoms with E-state index in [0.29, 0.717) is 82.1 Å². The lowest BCUT2D eigenvalue weighted by Crippen LogP contribution is -2.35. The zero-order valence-corrected chi connectivity index (χ0v) is 29.6. The third-order valence-corrected chi connectivity index (χ3v) is 8.93. The summed E-state index contributed by atoms with van der Waals surface area (Å²) in [6, 6.07) is 0. The number of nitrogens with one attached hydrogen (secondary N) is 1. The van der Waals surface area contributed by atoms with Crippen LogP contribution in [-0.2, 0) is 40.9 Å². The van der Waals surface area contributed by atoms with Crippen molar-refractivity contribution < 1.29 is 48.0 Å². The van der Waals surface area contributed by atoms with Crippen LogP contribution in [0.4, 0.5) is 10.3 Å². The van der Waals surface area contributed by atoms with Gasteiger partial charge in [0.15, 0.2) is 11.9 Å². The summed E-state index contributed by atoms with van der Waals surface area (Å²) in [5.74, 6) is -1.74. The average Bonchev–Trinajstić information content (AvgIpc) is 3.63. The number of aromatic nitrogens is 2. The van der Waals surface area contributed by atoms with Gasteiger partial charge in [0.05, 0.1) is 11.4 Å². The SMILES string of the molecule is NC(N)=Nc1nc(CSCCC2=NS(=O)(=O)N=C(CCSCc3csc(N=C(N)N)n3)N2)cs1.O=C(O)/C=C\C(=O)O.O=C(O)/C=C\C(=O)O. The Balaban J connectivity index is 0.000000646. The molecule has 3 heterocycles. The number of hydrogen-bond donors (Lipinski definition) is 9. The number of nitrogens with zero attached hydrogens (tertiary/aromatic N) is 6. The minimum atomic E-state index is -3.88. The highest BCUT2D eigenvalue weighted by atomic mass is 32.2. The van der Waals surface area contributed by atoms with E-state index in [0.717, 1.165) is 11.4 Å². The average molecular weight is 794 g/mol. The van der Waals surface area contributed by atoms with Crippen molar-refractivity contribution in [2.45, 2.75) is 24.3 Å². The van der Waals surface area contributed by atoms with Crippen molar-refractivity contribution >= 4 is 114 Å². The lowest BCUT2D eigenvalue weighted by molar-refractivity contribution is -0.134. The van der Waals surface area contributed by atoms with Crippen molar-refractivity contribution in [1.29, 1.82) is 0 Å². The van der Waals surface area contributed by atoms with E-state index in [1.807, 2.05) is 10.8 Å². The van der Waals surface area contributed by atoms with Crippen LogP contribution in [-0.4, -0.2) is 97.8 Å². The van der Waals surface area contributed by atoms with Gasteiger partial charge in [-0.2, -0.15) is 41.9 Å². The lowest BCUT2D eigenvalue weighted by atomic mass is 10.4. The molecule has 3 rings (SSSR count). The number of carboxylic acid groups (broad SMARTS) is 4. The molecule has 0 fully saturated rings. The summed E-state index contributed by atoms with van der Waals surface area (Å²) in [5, 5.41) is 39.0. The quantitative estimate of drug-likeness (QED) is 0.0481. The summed E-state index contributed by atoms with van der Waals surface area (Å²) >= 11 is 5.90. The van der Waals surface area contributed by atoms with Crippen LogP contribution in [0.15, 0.2) is 53.8 Å². The van der Waals surface area contributed by atoms with Crippen LogP contribution in [0.25, 0.3) is 0 Å². The number of aliphatic imine (C=N–C) groups is 2. The minimum absolute atomic E-state index is 0.0351. The molecule has 0 unspecified atom stereocenters. The molecule has 13 N–H and O–H groups in total. The maximum Gasteiger partial charge on any atom is 0.366 e. The monoisotopic (exact) mass is 793 g/mol. The third-order valence-electron chi connectivity index (χ3n) is 4.47. The van der Waals surface area contributed by atoms with Crippen LogP contribution in [0.1, 0.15) is 24.2 Å². The first kappa shape index (κ1) is 43.0. The number of thiazole rings is 2. The molecule has 21 nitrogen and oxygen atoms in total. The Morgan fingerprint density at radius 1 is 0.700 bits per heavy atom. The van der Waals surface area contributed by atoms with Gasteiger partial charge >= 0.3 is 34.1 Å². The minimum Gasteiger partial charge on any atom is -0.478 e. The molecule has 0 atom stereocenters. The molecule has 2 aromatic rings. The number of amidine groups is 2. The zero-order valence-electron chi connectivity index (χ0n) is 25.5. The number of carbonyl (C=O) groups is 4. The van der Waals surface area contributed by atoms with Gasteiger partial charge in [-0.1, -0.05) is 0 Å². The topological polar surface area (TPSA) is 375 Å². The highest BCUT2D eigenvalue weighted by Crippen LogP contribution is 2.23. The summed E-state index contributed by atoms with van der Waals surface area (Å²) in [6.07, 6.45) is 3.13. The van der Waals surface area contributed by atoms with Gasteiger partial charge in [0, 0.05) is 70.9 Å². The van der Waals surface area contributed by atoms with Crippen LogP contribution in [0.2, 0.25) is 0 Å². The number of hydrogen-bond acceptors (Lipinski definition) is 15. The molecule has 0 saturated heterocycles. The van der Waals surface area contributed by atoms with E-state index < -0.39 is 34.1 Å². The van der Waals surface area contributed by atoms with Crippen LogP contribution in [0.5, 0.6) is 0 Å². The molecule has 0 amide bonds. The van der Waals surface area contributed by atoms with E-state index in [2.05, 4.69) is 34.1 Å². The largest absolute Gasteiger partial charge is 0.478 e. The third kappa shape index (κ3) is 21.8. The second-order valence-corrected chi connectivity index (χ2v) is 13.7. The molecule has 0 spiro atoms. The van der Waals surface area contributed by atoms with E-state index in [1.165, 1.54) is 22.7 Å². The molecule has 0 radical (unpaired) electrons. The molecule has 0 aromatic carbocycles. The molecule has 26 heteroatoms. The molecular formula is C24H31N11O10S5. The first-order chi connectivity index (χ1) is 23.4. The first-order valence-electron chi connectivity index (χ1n) is 13.1. The summed E-state index contributed by atoms with van der Waals surface area (Å²) < 4.78 is 31.5. The van der Waals surface area contributed by atoms with Gasteiger partial charge < -0.3 is 48.7 Å². The van der Waals surface area contributed by atoms with Gasteiger partial charge in [-0.3, -0.25) is 0 Å². The van der Waals surface area contributed by atoms with E-state index in [9.17, 15) is 27.6 Å². The van der Waals surface area contributed by atoms with E-state index >= 15 is 0 Å². The molecule has 0 saturated carbocycles. The number of thioether (sulfide) groups is 2. The fourth-order valence-electron chi connectivity index (χ4n) is 2.75. The lowest BCUT2D eigenvalue weighted by Gasteiger charge is -2.15. The van der Waals surface area contributed by atoms with E-state index in [4.69, 9.17) is 43.4 Å². The maximum atomic E-state index is 12.0. The van der Waals surface area contributed by atoms with Crippen LogP contribution in [0, 0.1) is 0 Å². The second kappa shape index (κ2) is 22.6. The van der Waals surface area contributed by atoms with Gasteiger partial charge in [0.25, 0.3) is 0 Å². The fraction of sp³-hybridized carbons (Fsp3) is 0.250. The smallest absolute Gasteiger partial charge is 0.366 e. The molecule has 0 aliphatic carbocycles. The molecule has 50 heavy (non-hydrogen) atoms. The Morgan fingerprint density at radius 3 is 1.34 bits per heavy atom. The molecule has 1 aliphatic heterocycles. The summed E-state index contributed by atoms with van der Waals surface area (Å²) in [6.45, 7) is 0. The van der Waals surface area contributed by atoms with Crippen molar-refractivity contribution in [3.63, 3.8) is 0 Å². The van der Waals surface area contributed by atoms with Crippen LogP contribution in [0.3, 0.4) is 0 Å². The van der Waals surface area contributed by atoms with Gasteiger partial charge in [-0.15, -0.1) is 31.5 Å². The van der Waals surface area contributed by atoms with Gasteiger partial charge in [-0.05, 0) is 0 Å². The Kier molecular flexibility index (Phi) is 19.4. The summed E-state index contributed by atoms with van der Waals surface area (Å²) in [7, 11) is -3.88. The Hall–Kier alpha value is -5.05. The van der Waals surface area contributed by atoms with Crippen LogP contribution < -0.4 is 28.3 Å². The number of rotatable bonds is 16. The molecule has 272 valence electrons. The maximum absolute atomic E-state index is 12.0. The summed E-state index contributed by atoms with van der Waals surface area (Å²) in [5.41, 5.74) is 23.1. The van der Waals surface area contributed by atoms with Crippen LogP contribution >= 0.6 is 46.2 Å². The van der Waals surface area contributed by atoms with Crippen molar-refractivity contribution in [3.8, 4) is 0 Å². The van der Waals surface area contributed by atoms with Gasteiger partial charge in [0.1, 0.15) is 11.7 Å². The Labute approximate surface area is 300 Å². The number of guanidine groups is 2. The predicted octanol–water partition coefficient (Wildman–Crippen LogP) is 0.425. The Morgan fingerprint density at radius 2 is 1.04 bits per heavy atom. The Bertz CT molecular complexity index is 1620. The molecular weight excluding hydrogens is 763 g/mol.